The van der Waals surface area contributed by atoms with Crippen LogP contribution in [-0.4, -0.2) is 44.1 Å². The number of imidazole rings is 1. The van der Waals surface area contributed by atoms with E-state index in [9.17, 15) is 9.59 Å². The van der Waals surface area contributed by atoms with Crippen molar-refractivity contribution in [3.05, 3.63) is 71.8 Å². The van der Waals surface area contributed by atoms with Gasteiger partial charge in [-0.2, -0.15) is 0 Å². The van der Waals surface area contributed by atoms with Gasteiger partial charge in [-0.1, -0.05) is 36.4 Å². The average Bonchev–Trinajstić information content (AvgIpc) is 3.37. The van der Waals surface area contributed by atoms with Crippen LogP contribution in [0.5, 0.6) is 0 Å². The number of likely N-dealkylation sites (tertiary alicyclic amines) is 1. The van der Waals surface area contributed by atoms with Crippen LogP contribution in [0.25, 0.3) is 5.52 Å². The van der Waals surface area contributed by atoms with Crippen LogP contribution in [0.4, 0.5) is 0 Å². The van der Waals surface area contributed by atoms with Gasteiger partial charge in [-0.3, -0.25) is 9.59 Å². The molecule has 6 heteroatoms. The number of amides is 2. The molecule has 1 aliphatic heterocycles. The van der Waals surface area contributed by atoms with Gasteiger partial charge in [0, 0.05) is 32.8 Å². The van der Waals surface area contributed by atoms with Crippen LogP contribution in [0.15, 0.2) is 54.7 Å². The second kappa shape index (κ2) is 8.07. The summed E-state index contributed by atoms with van der Waals surface area (Å²) in [5.74, 6) is 0.735. The summed E-state index contributed by atoms with van der Waals surface area (Å²) < 4.78 is 1.97. The normalized spacial score (nSPS) is 16.3. The molecular formula is C23H26N4O2. The summed E-state index contributed by atoms with van der Waals surface area (Å²) in [6.45, 7) is 5.45. The number of carbonyl (C=O) groups is 2. The largest absolute Gasteiger partial charge is 0.333 e. The molecule has 1 aliphatic rings. The van der Waals surface area contributed by atoms with Crippen molar-refractivity contribution in [1.29, 1.82) is 0 Å². The lowest BCUT2D eigenvalue weighted by Crippen LogP contribution is -2.31. The van der Waals surface area contributed by atoms with Gasteiger partial charge in [0.05, 0.1) is 11.6 Å². The number of rotatable bonds is 5. The fourth-order valence-corrected chi connectivity index (χ4v) is 4.15. The zero-order valence-corrected chi connectivity index (χ0v) is 16.9. The molecule has 0 spiro atoms. The van der Waals surface area contributed by atoms with Gasteiger partial charge in [-0.25, -0.2) is 4.98 Å². The van der Waals surface area contributed by atoms with Crippen LogP contribution in [-0.2, 0) is 11.3 Å². The fourth-order valence-electron chi connectivity index (χ4n) is 4.15. The third-order valence-electron chi connectivity index (χ3n) is 5.62. The van der Waals surface area contributed by atoms with E-state index in [1.165, 1.54) is 0 Å². The molecular weight excluding hydrogens is 364 g/mol. The average molecular weight is 390 g/mol. The smallest absolute Gasteiger partial charge is 0.275 e. The summed E-state index contributed by atoms with van der Waals surface area (Å²) >= 11 is 0. The molecule has 0 N–H and O–H groups in total. The van der Waals surface area contributed by atoms with Crippen LogP contribution in [0.3, 0.4) is 0 Å². The molecule has 3 aromatic rings. The van der Waals surface area contributed by atoms with Gasteiger partial charge in [0.15, 0.2) is 5.69 Å². The van der Waals surface area contributed by atoms with Gasteiger partial charge in [0.2, 0.25) is 5.91 Å². The Morgan fingerprint density at radius 1 is 1.14 bits per heavy atom. The minimum absolute atomic E-state index is 0.0484. The lowest BCUT2D eigenvalue weighted by Gasteiger charge is -2.22. The molecule has 0 unspecified atom stereocenters. The zero-order valence-electron chi connectivity index (χ0n) is 16.9. The Balaban J connectivity index is 1.72. The fraction of sp³-hybridized carbons (Fsp3) is 0.348. The number of hydrogen-bond donors (Lipinski definition) is 0. The van der Waals surface area contributed by atoms with Gasteiger partial charge >= 0.3 is 0 Å². The Kier molecular flexibility index (Phi) is 5.34. The maximum Gasteiger partial charge on any atom is 0.275 e. The maximum absolute atomic E-state index is 13.4. The molecule has 1 aromatic carbocycles. The van der Waals surface area contributed by atoms with Crippen LogP contribution in [0, 0.1) is 0 Å². The summed E-state index contributed by atoms with van der Waals surface area (Å²) in [6, 6.07) is 15.7. The molecule has 0 bridgehead atoms. The van der Waals surface area contributed by atoms with Crippen molar-refractivity contribution in [3.63, 3.8) is 0 Å². The van der Waals surface area contributed by atoms with Crippen molar-refractivity contribution in [3.8, 4) is 0 Å². The molecule has 0 radical (unpaired) electrons. The van der Waals surface area contributed by atoms with Crippen LogP contribution in [0.1, 0.15) is 54.6 Å². The molecule has 1 atom stereocenters. The predicted octanol–water partition coefficient (Wildman–Crippen LogP) is 3.68. The molecule has 0 aliphatic carbocycles. The third kappa shape index (κ3) is 3.62. The van der Waals surface area contributed by atoms with E-state index in [0.29, 0.717) is 18.8 Å². The van der Waals surface area contributed by atoms with E-state index < -0.39 is 0 Å². The molecule has 150 valence electrons. The number of aromatic nitrogens is 2. The summed E-state index contributed by atoms with van der Waals surface area (Å²) in [6.07, 6.45) is 3.74. The number of pyridine rings is 1. The minimum Gasteiger partial charge on any atom is -0.333 e. The first-order valence-corrected chi connectivity index (χ1v) is 10.2. The van der Waals surface area contributed by atoms with Crippen molar-refractivity contribution in [2.24, 2.45) is 0 Å². The van der Waals surface area contributed by atoms with Crippen molar-refractivity contribution < 1.29 is 9.59 Å². The number of carbonyl (C=O) groups excluding carboxylic acids is 2. The Labute approximate surface area is 170 Å². The molecule has 0 saturated carbocycles. The van der Waals surface area contributed by atoms with E-state index in [0.717, 1.165) is 36.3 Å². The number of nitrogens with zero attached hydrogens (tertiary/aromatic N) is 4. The van der Waals surface area contributed by atoms with Gasteiger partial charge < -0.3 is 14.2 Å². The van der Waals surface area contributed by atoms with E-state index in [-0.39, 0.29) is 17.9 Å². The Bertz CT molecular complexity index is 1030. The highest BCUT2D eigenvalue weighted by Gasteiger charge is 2.33. The van der Waals surface area contributed by atoms with Crippen molar-refractivity contribution in [1.82, 2.24) is 19.2 Å². The summed E-state index contributed by atoms with van der Waals surface area (Å²) in [5, 5.41) is 0. The summed E-state index contributed by atoms with van der Waals surface area (Å²) in [5.41, 5.74) is 2.33. The van der Waals surface area contributed by atoms with E-state index in [1.54, 1.807) is 6.92 Å². The maximum atomic E-state index is 13.4. The SMILES string of the molecule is CCN(Cc1ccccc1)C(=O)c1nc([C@H]2CCCN2C(C)=O)n2ccccc12. The number of benzene rings is 1. The lowest BCUT2D eigenvalue weighted by atomic mass is 10.2. The van der Waals surface area contributed by atoms with Gasteiger partial charge in [-0.05, 0) is 37.5 Å². The quantitative estimate of drug-likeness (QED) is 0.668. The van der Waals surface area contributed by atoms with Crippen molar-refractivity contribution in [2.45, 2.75) is 39.3 Å². The highest BCUT2D eigenvalue weighted by Crippen LogP contribution is 2.32. The molecule has 6 nitrogen and oxygen atoms in total. The van der Waals surface area contributed by atoms with Gasteiger partial charge in [-0.15, -0.1) is 0 Å². The topological polar surface area (TPSA) is 57.9 Å². The first-order chi connectivity index (χ1) is 14.1. The Morgan fingerprint density at radius 2 is 1.90 bits per heavy atom. The first kappa shape index (κ1) is 19.2. The summed E-state index contributed by atoms with van der Waals surface area (Å²) in [4.78, 5) is 33.9. The second-order valence-corrected chi connectivity index (χ2v) is 7.45. The van der Waals surface area contributed by atoms with Crippen molar-refractivity contribution >= 4 is 17.3 Å². The lowest BCUT2D eigenvalue weighted by molar-refractivity contribution is -0.129. The standard InChI is InChI=1S/C23H26N4O2/c1-3-25(16-18-10-5-4-6-11-18)23(29)21-19-12-7-8-14-27(19)22(24-21)20-13-9-15-26(20)17(2)28/h4-8,10-12,14,20H,3,9,13,15-16H2,1-2H3/t20-/m1/s1. The van der Waals surface area contributed by atoms with Crippen LogP contribution < -0.4 is 0 Å². The second-order valence-electron chi connectivity index (χ2n) is 7.45. The van der Waals surface area contributed by atoms with E-state index in [2.05, 4.69) is 0 Å². The van der Waals surface area contributed by atoms with E-state index in [4.69, 9.17) is 4.98 Å². The number of hydrogen-bond acceptors (Lipinski definition) is 3. The molecule has 2 amide bonds. The summed E-state index contributed by atoms with van der Waals surface area (Å²) in [7, 11) is 0. The van der Waals surface area contributed by atoms with E-state index in [1.807, 2.05) is 75.9 Å². The van der Waals surface area contributed by atoms with Gasteiger partial charge in [0.1, 0.15) is 5.82 Å². The van der Waals surface area contributed by atoms with Crippen LogP contribution >= 0.6 is 0 Å². The molecule has 4 rings (SSSR count). The monoisotopic (exact) mass is 390 g/mol. The Hall–Kier alpha value is -3.15. The third-order valence-corrected chi connectivity index (χ3v) is 5.62. The molecule has 1 fully saturated rings. The first-order valence-electron chi connectivity index (χ1n) is 10.2. The highest BCUT2D eigenvalue weighted by atomic mass is 16.2. The van der Waals surface area contributed by atoms with Gasteiger partial charge in [0.25, 0.3) is 5.91 Å². The van der Waals surface area contributed by atoms with Crippen LogP contribution in [0.2, 0.25) is 0 Å². The zero-order chi connectivity index (χ0) is 20.4. The van der Waals surface area contributed by atoms with Crippen molar-refractivity contribution in [2.75, 3.05) is 13.1 Å². The Morgan fingerprint density at radius 3 is 2.62 bits per heavy atom. The molecule has 29 heavy (non-hydrogen) atoms. The predicted molar refractivity (Wildman–Crippen MR) is 111 cm³/mol. The number of fused-ring (bicyclic) bond motifs is 1. The minimum atomic E-state index is -0.0897. The van der Waals surface area contributed by atoms with E-state index >= 15 is 0 Å². The molecule has 1 saturated heterocycles. The molecule has 2 aromatic heterocycles. The highest BCUT2D eigenvalue weighted by molar-refractivity contribution is 5.99. The molecule has 3 heterocycles.